The number of anilines is 1. The van der Waals surface area contributed by atoms with Gasteiger partial charge in [0.1, 0.15) is 11.0 Å². The van der Waals surface area contributed by atoms with Gasteiger partial charge in [0.2, 0.25) is 5.91 Å². The molecule has 0 bridgehead atoms. The predicted molar refractivity (Wildman–Crippen MR) is 72.3 cm³/mol. The number of halogens is 1. The number of hydrogen-bond acceptors (Lipinski definition) is 5. The van der Waals surface area contributed by atoms with Crippen LogP contribution in [0.1, 0.15) is 20.8 Å². The summed E-state index contributed by atoms with van der Waals surface area (Å²) in [5.74, 6) is -0.0554. The van der Waals surface area contributed by atoms with E-state index in [1.54, 1.807) is 0 Å². The molecule has 0 aliphatic carbocycles. The predicted octanol–water partition coefficient (Wildman–Crippen LogP) is 1.97. The average molecular weight is 287 g/mol. The maximum absolute atomic E-state index is 11.6. The Kier molecular flexibility index (Phi) is 4.66. The van der Waals surface area contributed by atoms with Crippen LogP contribution in [-0.2, 0) is 4.79 Å². The minimum Gasteiger partial charge on any atom is -0.361 e. The van der Waals surface area contributed by atoms with E-state index in [1.807, 2.05) is 20.8 Å². The first-order valence-corrected chi connectivity index (χ1v) is 5.92. The first-order chi connectivity index (χ1) is 8.67. The van der Waals surface area contributed by atoms with Gasteiger partial charge in [-0.2, -0.15) is 0 Å². The zero-order valence-electron chi connectivity index (χ0n) is 10.9. The molecule has 19 heavy (non-hydrogen) atoms. The Hall–Kier alpha value is -1.89. The van der Waals surface area contributed by atoms with Crippen LogP contribution in [-0.4, -0.2) is 27.9 Å². The van der Waals surface area contributed by atoms with Gasteiger partial charge < -0.3 is 10.6 Å². The number of aromatic nitrogens is 1. The second-order valence-corrected chi connectivity index (χ2v) is 5.33. The van der Waals surface area contributed by atoms with Crippen LogP contribution in [0.2, 0.25) is 5.15 Å². The summed E-state index contributed by atoms with van der Waals surface area (Å²) in [6.07, 6.45) is 0. The smallest absolute Gasteiger partial charge is 0.276 e. The van der Waals surface area contributed by atoms with Gasteiger partial charge in [-0.15, -0.1) is 0 Å². The summed E-state index contributed by atoms with van der Waals surface area (Å²) in [5, 5.41) is 16.1. The maximum atomic E-state index is 11.6. The molecule has 0 atom stereocenters. The molecule has 0 aromatic carbocycles. The van der Waals surface area contributed by atoms with Crippen molar-refractivity contribution in [2.45, 2.75) is 26.3 Å². The number of nitrogens with one attached hydrogen (secondary N) is 2. The molecule has 0 spiro atoms. The van der Waals surface area contributed by atoms with Gasteiger partial charge in [0.15, 0.2) is 0 Å². The number of nitrogens with zero attached hydrogens (tertiary/aromatic N) is 2. The van der Waals surface area contributed by atoms with Crippen molar-refractivity contribution in [2.75, 3.05) is 11.9 Å². The van der Waals surface area contributed by atoms with Gasteiger partial charge in [0, 0.05) is 5.54 Å². The van der Waals surface area contributed by atoms with Gasteiger partial charge in [0.05, 0.1) is 23.6 Å². The summed E-state index contributed by atoms with van der Waals surface area (Å²) >= 11 is 5.66. The molecule has 1 amide bonds. The molecule has 8 heteroatoms. The standard InChI is InChI=1S/C11H15ClN4O3/c1-11(2,3)15-10(17)6-13-9-5-7(16(18)19)4-8(12)14-9/h4-5H,6H2,1-3H3,(H,13,14)(H,15,17). The SMILES string of the molecule is CC(C)(C)NC(=O)CNc1cc([N+](=O)[O-])cc(Cl)n1. The maximum Gasteiger partial charge on any atom is 0.276 e. The van der Waals surface area contributed by atoms with Crippen molar-refractivity contribution < 1.29 is 9.72 Å². The van der Waals surface area contributed by atoms with Gasteiger partial charge in [-0.05, 0) is 20.8 Å². The Morgan fingerprint density at radius 1 is 1.47 bits per heavy atom. The highest BCUT2D eigenvalue weighted by molar-refractivity contribution is 6.29. The van der Waals surface area contributed by atoms with Crippen molar-refractivity contribution in [3.8, 4) is 0 Å². The fraction of sp³-hybridized carbons (Fsp3) is 0.455. The van der Waals surface area contributed by atoms with E-state index in [0.717, 1.165) is 6.07 Å². The highest BCUT2D eigenvalue weighted by atomic mass is 35.5. The molecule has 0 fully saturated rings. The first kappa shape index (κ1) is 15.2. The van der Waals surface area contributed by atoms with E-state index in [1.165, 1.54) is 6.07 Å². The Balaban J connectivity index is 2.68. The third kappa shape index (κ3) is 5.52. The zero-order chi connectivity index (χ0) is 14.6. The summed E-state index contributed by atoms with van der Waals surface area (Å²) in [6, 6.07) is 2.36. The van der Waals surface area contributed by atoms with Crippen LogP contribution >= 0.6 is 11.6 Å². The lowest BCUT2D eigenvalue weighted by molar-refractivity contribution is -0.384. The molecule has 0 saturated carbocycles. The van der Waals surface area contributed by atoms with Crippen molar-refractivity contribution in [1.82, 2.24) is 10.3 Å². The summed E-state index contributed by atoms with van der Waals surface area (Å²) in [7, 11) is 0. The molecule has 2 N–H and O–H groups in total. The van der Waals surface area contributed by atoms with Crippen LogP contribution in [0.3, 0.4) is 0 Å². The van der Waals surface area contributed by atoms with Crippen LogP contribution in [0, 0.1) is 10.1 Å². The van der Waals surface area contributed by atoms with Crippen LogP contribution in [0.25, 0.3) is 0 Å². The Morgan fingerprint density at radius 3 is 2.63 bits per heavy atom. The third-order valence-electron chi connectivity index (χ3n) is 1.93. The normalized spacial score (nSPS) is 10.9. The van der Waals surface area contributed by atoms with Crippen molar-refractivity contribution in [3.05, 3.63) is 27.4 Å². The summed E-state index contributed by atoms with van der Waals surface area (Å²) in [5.41, 5.74) is -0.522. The molecule has 0 aliphatic rings. The largest absolute Gasteiger partial charge is 0.361 e. The number of pyridine rings is 1. The van der Waals surface area contributed by atoms with Crippen LogP contribution in [0.4, 0.5) is 11.5 Å². The van der Waals surface area contributed by atoms with E-state index >= 15 is 0 Å². The second-order valence-electron chi connectivity index (χ2n) is 4.94. The highest BCUT2D eigenvalue weighted by Crippen LogP contribution is 2.20. The molecule has 1 heterocycles. The molecule has 1 rings (SSSR count). The van der Waals surface area contributed by atoms with Crippen molar-refractivity contribution >= 4 is 29.0 Å². The summed E-state index contributed by atoms with van der Waals surface area (Å²) in [4.78, 5) is 25.5. The summed E-state index contributed by atoms with van der Waals surface area (Å²) in [6.45, 7) is 5.52. The lowest BCUT2D eigenvalue weighted by Crippen LogP contribution is -2.43. The average Bonchev–Trinajstić information content (AvgIpc) is 2.23. The lowest BCUT2D eigenvalue weighted by Gasteiger charge is -2.20. The Morgan fingerprint density at radius 2 is 2.11 bits per heavy atom. The van der Waals surface area contributed by atoms with Crippen LogP contribution < -0.4 is 10.6 Å². The number of carbonyl (C=O) groups excluding carboxylic acids is 1. The van der Waals surface area contributed by atoms with Crippen LogP contribution in [0.5, 0.6) is 0 Å². The molecule has 7 nitrogen and oxygen atoms in total. The highest BCUT2D eigenvalue weighted by Gasteiger charge is 2.14. The van der Waals surface area contributed by atoms with E-state index in [-0.39, 0.29) is 34.6 Å². The minimum atomic E-state index is -0.575. The zero-order valence-corrected chi connectivity index (χ0v) is 11.6. The molecule has 0 aliphatic heterocycles. The molecular formula is C11H15ClN4O3. The second kappa shape index (κ2) is 5.83. The number of amides is 1. The Labute approximate surface area is 115 Å². The Bertz CT molecular complexity index is 499. The van der Waals surface area contributed by atoms with Gasteiger partial charge in [-0.3, -0.25) is 14.9 Å². The summed E-state index contributed by atoms with van der Waals surface area (Å²) < 4.78 is 0. The number of nitro groups is 1. The molecule has 0 saturated heterocycles. The molecular weight excluding hydrogens is 272 g/mol. The van der Waals surface area contributed by atoms with Gasteiger partial charge in [-0.1, -0.05) is 11.6 Å². The topological polar surface area (TPSA) is 97.2 Å². The van der Waals surface area contributed by atoms with Gasteiger partial charge >= 0.3 is 0 Å². The molecule has 0 unspecified atom stereocenters. The fourth-order valence-corrected chi connectivity index (χ4v) is 1.52. The van der Waals surface area contributed by atoms with Crippen molar-refractivity contribution in [2.24, 2.45) is 0 Å². The van der Waals surface area contributed by atoms with Crippen LogP contribution in [0.15, 0.2) is 12.1 Å². The monoisotopic (exact) mass is 286 g/mol. The van der Waals surface area contributed by atoms with E-state index in [4.69, 9.17) is 11.6 Å². The number of hydrogen-bond donors (Lipinski definition) is 2. The number of rotatable bonds is 4. The van der Waals surface area contributed by atoms with Crippen molar-refractivity contribution in [1.29, 1.82) is 0 Å². The van der Waals surface area contributed by atoms with Gasteiger partial charge in [0.25, 0.3) is 5.69 Å². The third-order valence-corrected chi connectivity index (χ3v) is 2.13. The number of carbonyl (C=O) groups is 1. The molecule has 0 radical (unpaired) electrons. The quantitative estimate of drug-likeness (QED) is 0.501. The van der Waals surface area contributed by atoms with E-state index < -0.39 is 4.92 Å². The lowest BCUT2D eigenvalue weighted by atomic mass is 10.1. The first-order valence-electron chi connectivity index (χ1n) is 5.54. The minimum absolute atomic E-state index is 0.00655. The molecule has 1 aromatic rings. The van der Waals surface area contributed by atoms with Crippen molar-refractivity contribution in [3.63, 3.8) is 0 Å². The fourth-order valence-electron chi connectivity index (χ4n) is 1.31. The molecule has 1 aromatic heterocycles. The molecule has 104 valence electrons. The van der Waals surface area contributed by atoms with E-state index in [9.17, 15) is 14.9 Å². The van der Waals surface area contributed by atoms with E-state index in [2.05, 4.69) is 15.6 Å². The van der Waals surface area contributed by atoms with Gasteiger partial charge in [-0.25, -0.2) is 4.98 Å². The van der Waals surface area contributed by atoms with E-state index in [0.29, 0.717) is 0 Å².